The van der Waals surface area contributed by atoms with Crippen molar-refractivity contribution in [3.05, 3.63) is 24.0 Å². The van der Waals surface area contributed by atoms with Gasteiger partial charge < -0.3 is 9.88 Å². The molecule has 1 N–H and O–H groups in total. The Morgan fingerprint density at radius 2 is 2.29 bits per heavy atom. The Morgan fingerprint density at radius 3 is 3.00 bits per heavy atom. The number of hydrogen-bond donors (Lipinski definition) is 1. The van der Waals surface area contributed by atoms with Gasteiger partial charge in [0.1, 0.15) is 5.82 Å². The van der Waals surface area contributed by atoms with Gasteiger partial charge in [0.15, 0.2) is 0 Å². The van der Waals surface area contributed by atoms with Crippen LogP contribution in [0.2, 0.25) is 0 Å². The van der Waals surface area contributed by atoms with Crippen LogP contribution in [-0.4, -0.2) is 23.0 Å². The average molecular weight is 210 g/mol. The molecule has 0 bridgehead atoms. The minimum absolute atomic E-state index is 0.485. The number of anilines is 1. The van der Waals surface area contributed by atoms with E-state index in [1.54, 1.807) is 0 Å². The molecule has 1 aromatic carbocycles. The van der Waals surface area contributed by atoms with Crippen molar-refractivity contribution in [1.82, 2.24) is 9.97 Å². The monoisotopic (exact) mass is 209 g/mol. The number of imidazole rings is 1. The zero-order chi connectivity index (χ0) is 10.1. The van der Waals surface area contributed by atoms with Gasteiger partial charge >= 0.3 is 0 Å². The summed E-state index contributed by atoms with van der Waals surface area (Å²) in [5.74, 6) is 0.936. The fourth-order valence-electron chi connectivity index (χ4n) is 1.43. The van der Waals surface area contributed by atoms with Crippen LogP contribution in [0.5, 0.6) is 0 Å². The van der Waals surface area contributed by atoms with Crippen molar-refractivity contribution >= 4 is 28.3 Å². The maximum absolute atomic E-state index is 5.74. The molecule has 0 spiro atoms. The Kier molecular flexibility index (Phi) is 2.33. The van der Waals surface area contributed by atoms with Crippen LogP contribution in [0.15, 0.2) is 18.2 Å². The highest BCUT2D eigenvalue weighted by molar-refractivity contribution is 6.19. The van der Waals surface area contributed by atoms with Gasteiger partial charge in [-0.05, 0) is 25.1 Å². The molecule has 74 valence electrons. The molecule has 0 radical (unpaired) electrons. The molecule has 0 aliphatic rings. The summed E-state index contributed by atoms with van der Waals surface area (Å²) >= 11 is 5.74. The third kappa shape index (κ3) is 1.55. The normalized spacial score (nSPS) is 10.8. The van der Waals surface area contributed by atoms with Crippen molar-refractivity contribution in [1.29, 1.82) is 0 Å². The van der Waals surface area contributed by atoms with Crippen molar-refractivity contribution in [2.45, 2.75) is 6.92 Å². The van der Waals surface area contributed by atoms with Crippen molar-refractivity contribution < 1.29 is 0 Å². The molecule has 2 aromatic rings. The number of H-pyrrole nitrogens is 1. The first-order valence-electron chi connectivity index (χ1n) is 4.44. The lowest BCUT2D eigenvalue weighted by atomic mass is 10.2. The van der Waals surface area contributed by atoms with E-state index in [9.17, 15) is 0 Å². The first kappa shape index (κ1) is 9.34. The molecule has 0 fully saturated rings. The fourth-order valence-corrected chi connectivity index (χ4v) is 1.57. The quantitative estimate of drug-likeness (QED) is 0.609. The molecule has 0 atom stereocenters. The molecule has 0 unspecified atom stereocenters. The summed E-state index contributed by atoms with van der Waals surface area (Å²) < 4.78 is 0. The summed E-state index contributed by atoms with van der Waals surface area (Å²) in [5, 5.41) is 0. The Morgan fingerprint density at radius 1 is 1.50 bits per heavy atom. The van der Waals surface area contributed by atoms with E-state index < -0.39 is 0 Å². The lowest BCUT2D eigenvalue weighted by Gasteiger charge is -2.14. The molecule has 4 heteroatoms. The van der Waals surface area contributed by atoms with Gasteiger partial charge in [-0.15, -0.1) is 11.6 Å². The summed E-state index contributed by atoms with van der Waals surface area (Å²) in [7, 11) is 1.96. The highest BCUT2D eigenvalue weighted by atomic mass is 35.5. The van der Waals surface area contributed by atoms with Crippen LogP contribution < -0.4 is 4.90 Å². The third-order valence-corrected chi connectivity index (χ3v) is 2.56. The number of aromatic nitrogens is 2. The van der Waals surface area contributed by atoms with Gasteiger partial charge in [0.2, 0.25) is 0 Å². The molecular formula is C10H12ClN3. The summed E-state index contributed by atoms with van der Waals surface area (Å²) in [5.41, 5.74) is 3.14. The number of halogens is 1. The third-order valence-electron chi connectivity index (χ3n) is 2.20. The van der Waals surface area contributed by atoms with E-state index in [1.165, 1.54) is 0 Å². The van der Waals surface area contributed by atoms with E-state index in [0.29, 0.717) is 6.00 Å². The van der Waals surface area contributed by atoms with E-state index in [0.717, 1.165) is 22.5 Å². The van der Waals surface area contributed by atoms with Crippen molar-refractivity contribution in [2.75, 3.05) is 18.0 Å². The van der Waals surface area contributed by atoms with E-state index in [-0.39, 0.29) is 0 Å². The molecule has 0 aliphatic carbocycles. The number of hydrogen-bond acceptors (Lipinski definition) is 2. The minimum atomic E-state index is 0.485. The van der Waals surface area contributed by atoms with E-state index in [2.05, 4.69) is 16.0 Å². The summed E-state index contributed by atoms with van der Waals surface area (Å²) in [4.78, 5) is 9.50. The van der Waals surface area contributed by atoms with E-state index >= 15 is 0 Å². The number of fused-ring (bicyclic) bond motifs is 1. The molecule has 2 rings (SSSR count). The van der Waals surface area contributed by atoms with Gasteiger partial charge in [-0.25, -0.2) is 4.98 Å². The van der Waals surface area contributed by atoms with Gasteiger partial charge in [0.25, 0.3) is 0 Å². The summed E-state index contributed by atoms with van der Waals surface area (Å²) in [6.45, 7) is 1.95. The number of aromatic amines is 1. The number of nitrogens with zero attached hydrogens (tertiary/aromatic N) is 2. The predicted molar refractivity (Wildman–Crippen MR) is 60.0 cm³/mol. The standard InChI is InChI=1S/C10H12ClN3/c1-7-12-9-4-3-8(14(2)6-11)5-10(9)13-7/h3-5H,6H2,1-2H3,(H,12,13). The molecule has 0 aliphatic heterocycles. The first-order chi connectivity index (χ1) is 6.70. The van der Waals surface area contributed by atoms with Crippen molar-refractivity contribution in [3.63, 3.8) is 0 Å². The zero-order valence-corrected chi connectivity index (χ0v) is 8.97. The molecule has 1 aromatic heterocycles. The average Bonchev–Trinajstić information content (AvgIpc) is 2.55. The lowest BCUT2D eigenvalue weighted by Crippen LogP contribution is -2.13. The van der Waals surface area contributed by atoms with Crippen LogP contribution in [-0.2, 0) is 0 Å². The number of aryl methyl sites for hydroxylation is 1. The van der Waals surface area contributed by atoms with Gasteiger partial charge in [0.05, 0.1) is 17.0 Å². The SMILES string of the molecule is Cc1nc2ccc(N(C)CCl)cc2[nH]1. The Hall–Kier alpha value is -1.22. The summed E-state index contributed by atoms with van der Waals surface area (Å²) in [6.07, 6.45) is 0. The highest BCUT2D eigenvalue weighted by Gasteiger charge is 2.03. The predicted octanol–water partition coefficient (Wildman–Crippen LogP) is 2.50. The molecule has 14 heavy (non-hydrogen) atoms. The number of benzene rings is 1. The molecule has 0 saturated carbocycles. The fraction of sp³-hybridized carbons (Fsp3) is 0.300. The Bertz CT molecular complexity index is 450. The zero-order valence-electron chi connectivity index (χ0n) is 8.21. The molecule has 0 amide bonds. The van der Waals surface area contributed by atoms with Crippen molar-refractivity contribution in [3.8, 4) is 0 Å². The maximum atomic E-state index is 5.74. The summed E-state index contributed by atoms with van der Waals surface area (Å²) in [6, 6.07) is 6.55. The van der Waals surface area contributed by atoms with Crippen LogP contribution >= 0.6 is 11.6 Å². The first-order valence-corrected chi connectivity index (χ1v) is 4.97. The van der Waals surface area contributed by atoms with Gasteiger partial charge in [-0.1, -0.05) is 0 Å². The second-order valence-corrected chi connectivity index (χ2v) is 3.58. The van der Waals surface area contributed by atoms with Crippen molar-refractivity contribution in [2.24, 2.45) is 0 Å². The topological polar surface area (TPSA) is 31.9 Å². The van der Waals surface area contributed by atoms with Crippen LogP contribution in [0.3, 0.4) is 0 Å². The van der Waals surface area contributed by atoms with E-state index in [4.69, 9.17) is 11.6 Å². The number of nitrogens with one attached hydrogen (secondary N) is 1. The van der Waals surface area contributed by atoms with Gasteiger partial charge in [0, 0.05) is 12.7 Å². The second-order valence-electron chi connectivity index (χ2n) is 3.34. The molecular weight excluding hydrogens is 198 g/mol. The van der Waals surface area contributed by atoms with Crippen LogP contribution in [0.25, 0.3) is 11.0 Å². The van der Waals surface area contributed by atoms with Crippen LogP contribution in [0, 0.1) is 6.92 Å². The Balaban J connectivity index is 2.50. The smallest absolute Gasteiger partial charge is 0.104 e. The number of alkyl halides is 1. The van der Waals surface area contributed by atoms with Gasteiger partial charge in [-0.2, -0.15) is 0 Å². The lowest BCUT2D eigenvalue weighted by molar-refractivity contribution is 1.09. The largest absolute Gasteiger partial charge is 0.361 e. The van der Waals surface area contributed by atoms with E-state index in [1.807, 2.05) is 31.0 Å². The minimum Gasteiger partial charge on any atom is -0.361 e. The second kappa shape index (κ2) is 3.50. The van der Waals surface area contributed by atoms with Gasteiger partial charge in [-0.3, -0.25) is 0 Å². The molecule has 1 heterocycles. The number of rotatable bonds is 2. The molecule has 3 nitrogen and oxygen atoms in total. The highest BCUT2D eigenvalue weighted by Crippen LogP contribution is 2.19. The maximum Gasteiger partial charge on any atom is 0.104 e. The van der Waals surface area contributed by atoms with Crippen LogP contribution in [0.4, 0.5) is 5.69 Å². The van der Waals surface area contributed by atoms with Crippen LogP contribution in [0.1, 0.15) is 5.82 Å². The molecule has 0 saturated heterocycles. The Labute approximate surface area is 87.7 Å².